The molecular formula is C18H21N3O3. The van der Waals surface area contributed by atoms with Crippen molar-refractivity contribution in [2.75, 3.05) is 26.2 Å². The minimum atomic E-state index is 0.0848. The maximum Gasteiger partial charge on any atom is 0.228 e. The molecule has 0 bridgehead atoms. The third-order valence-corrected chi connectivity index (χ3v) is 4.82. The van der Waals surface area contributed by atoms with Crippen molar-refractivity contribution in [3.05, 3.63) is 53.9 Å². The number of hydrogen-bond acceptors (Lipinski definition) is 5. The monoisotopic (exact) mass is 327 g/mol. The van der Waals surface area contributed by atoms with Crippen LogP contribution in [0.4, 0.5) is 0 Å². The fourth-order valence-corrected chi connectivity index (χ4v) is 3.57. The maximum atomic E-state index is 12.5. The second-order valence-electron chi connectivity index (χ2n) is 6.40. The fraction of sp³-hybridized carbons (Fsp3) is 0.444. The summed E-state index contributed by atoms with van der Waals surface area (Å²) in [6.45, 7) is 3.90. The number of amides is 1. The molecular weight excluding hydrogens is 306 g/mol. The summed E-state index contributed by atoms with van der Waals surface area (Å²) in [5, 5.41) is 3.82. The Hall–Kier alpha value is -2.18. The van der Waals surface area contributed by atoms with E-state index in [9.17, 15) is 4.79 Å². The Morgan fingerprint density at radius 1 is 1.21 bits per heavy atom. The highest BCUT2D eigenvalue weighted by atomic mass is 16.5. The van der Waals surface area contributed by atoms with E-state index in [1.165, 1.54) is 11.8 Å². The average molecular weight is 327 g/mol. The number of hydrogen-bond donors (Lipinski definition) is 0. The number of likely N-dealkylation sites (tertiary alicyclic amines) is 1. The third kappa shape index (κ3) is 3.20. The lowest BCUT2D eigenvalue weighted by Gasteiger charge is -2.36. The van der Waals surface area contributed by atoms with Crippen molar-refractivity contribution >= 4 is 5.91 Å². The molecule has 6 heteroatoms. The summed E-state index contributed by atoms with van der Waals surface area (Å²) in [5.74, 6) is 0.0848. The summed E-state index contributed by atoms with van der Waals surface area (Å²) >= 11 is 0. The highest BCUT2D eigenvalue weighted by Gasteiger charge is 2.41. The van der Waals surface area contributed by atoms with Gasteiger partial charge in [-0.3, -0.25) is 9.69 Å². The lowest BCUT2D eigenvalue weighted by Crippen LogP contribution is -2.50. The fourth-order valence-electron chi connectivity index (χ4n) is 3.57. The molecule has 0 unspecified atom stereocenters. The molecule has 1 aromatic carbocycles. The van der Waals surface area contributed by atoms with Gasteiger partial charge in [0, 0.05) is 32.2 Å². The molecule has 1 aromatic heterocycles. The molecule has 3 heterocycles. The molecule has 126 valence electrons. The van der Waals surface area contributed by atoms with Gasteiger partial charge >= 0.3 is 0 Å². The summed E-state index contributed by atoms with van der Waals surface area (Å²) in [6.07, 6.45) is 1.88. The largest absolute Gasteiger partial charge is 0.373 e. The van der Waals surface area contributed by atoms with Crippen molar-refractivity contribution in [1.29, 1.82) is 0 Å². The Morgan fingerprint density at radius 2 is 2.08 bits per heavy atom. The molecule has 2 atom stereocenters. The highest BCUT2D eigenvalue weighted by Crippen LogP contribution is 2.25. The third-order valence-electron chi connectivity index (χ3n) is 4.82. The van der Waals surface area contributed by atoms with Gasteiger partial charge < -0.3 is 14.2 Å². The Bertz CT molecular complexity index is 674. The maximum absolute atomic E-state index is 12.5. The summed E-state index contributed by atoms with van der Waals surface area (Å²) in [4.78, 5) is 16.8. The Kier molecular flexibility index (Phi) is 4.32. The van der Waals surface area contributed by atoms with Gasteiger partial charge in [0.25, 0.3) is 0 Å². The van der Waals surface area contributed by atoms with Crippen LogP contribution >= 0.6 is 0 Å². The minimum absolute atomic E-state index is 0.0848. The van der Waals surface area contributed by atoms with Crippen molar-refractivity contribution in [2.24, 2.45) is 0 Å². The average Bonchev–Trinajstić information content (AvgIpc) is 3.25. The Balaban J connectivity index is 1.41. The van der Waals surface area contributed by atoms with E-state index in [0.29, 0.717) is 18.8 Å². The SMILES string of the molecule is O=C(Cc1ccon1)N1C[C@@H]2OCCN(Cc3ccccc3)[C@H]2C1. The summed E-state index contributed by atoms with van der Waals surface area (Å²) in [5.41, 5.74) is 1.97. The van der Waals surface area contributed by atoms with E-state index in [2.05, 4.69) is 34.3 Å². The van der Waals surface area contributed by atoms with Gasteiger partial charge in [0.2, 0.25) is 5.91 Å². The van der Waals surface area contributed by atoms with Crippen LogP contribution in [0.25, 0.3) is 0 Å². The van der Waals surface area contributed by atoms with Gasteiger partial charge in [-0.15, -0.1) is 0 Å². The molecule has 2 aromatic rings. The van der Waals surface area contributed by atoms with Crippen LogP contribution in [0.2, 0.25) is 0 Å². The van der Waals surface area contributed by atoms with E-state index < -0.39 is 0 Å². The van der Waals surface area contributed by atoms with Gasteiger partial charge in [0.1, 0.15) is 6.26 Å². The van der Waals surface area contributed by atoms with Crippen LogP contribution in [-0.2, 0) is 22.5 Å². The zero-order valence-electron chi connectivity index (χ0n) is 13.5. The molecule has 6 nitrogen and oxygen atoms in total. The second kappa shape index (κ2) is 6.75. The van der Waals surface area contributed by atoms with E-state index in [0.717, 1.165) is 19.7 Å². The molecule has 2 aliphatic heterocycles. The summed E-state index contributed by atoms with van der Waals surface area (Å²) < 4.78 is 10.7. The summed E-state index contributed by atoms with van der Waals surface area (Å²) in [7, 11) is 0. The van der Waals surface area contributed by atoms with E-state index in [1.54, 1.807) is 6.07 Å². The second-order valence-corrected chi connectivity index (χ2v) is 6.40. The number of morpholine rings is 1. The van der Waals surface area contributed by atoms with Gasteiger partial charge in [0.15, 0.2) is 0 Å². The molecule has 2 aliphatic rings. The van der Waals surface area contributed by atoms with Crippen LogP contribution in [0.1, 0.15) is 11.3 Å². The number of benzene rings is 1. The number of nitrogens with zero attached hydrogens (tertiary/aromatic N) is 3. The molecule has 1 amide bonds. The van der Waals surface area contributed by atoms with Crippen LogP contribution in [0.3, 0.4) is 0 Å². The molecule has 0 saturated carbocycles. The predicted octanol–water partition coefficient (Wildman–Crippen LogP) is 1.33. The van der Waals surface area contributed by atoms with E-state index in [4.69, 9.17) is 9.26 Å². The molecule has 0 aliphatic carbocycles. The lowest BCUT2D eigenvalue weighted by atomic mass is 10.1. The number of carbonyl (C=O) groups is 1. The number of carbonyl (C=O) groups excluding carboxylic acids is 1. The minimum Gasteiger partial charge on any atom is -0.373 e. The van der Waals surface area contributed by atoms with Gasteiger partial charge in [0.05, 0.1) is 30.9 Å². The Morgan fingerprint density at radius 3 is 2.88 bits per heavy atom. The number of rotatable bonds is 4. The van der Waals surface area contributed by atoms with Crippen molar-refractivity contribution in [1.82, 2.24) is 15.0 Å². The first kappa shape index (κ1) is 15.4. The topological polar surface area (TPSA) is 58.8 Å². The van der Waals surface area contributed by atoms with Crippen molar-refractivity contribution in [3.8, 4) is 0 Å². The van der Waals surface area contributed by atoms with Crippen LogP contribution in [-0.4, -0.2) is 59.3 Å². The molecule has 0 spiro atoms. The van der Waals surface area contributed by atoms with Gasteiger partial charge in [-0.1, -0.05) is 35.5 Å². The first-order valence-corrected chi connectivity index (χ1v) is 8.36. The van der Waals surface area contributed by atoms with E-state index in [-0.39, 0.29) is 24.5 Å². The van der Waals surface area contributed by atoms with Crippen molar-refractivity contribution in [2.45, 2.75) is 25.1 Å². The molecule has 0 N–H and O–H groups in total. The smallest absolute Gasteiger partial charge is 0.228 e. The quantitative estimate of drug-likeness (QED) is 0.848. The Labute approximate surface area is 141 Å². The number of fused-ring (bicyclic) bond motifs is 1. The van der Waals surface area contributed by atoms with Crippen LogP contribution in [0.15, 0.2) is 47.2 Å². The zero-order chi connectivity index (χ0) is 16.4. The highest BCUT2D eigenvalue weighted by molar-refractivity contribution is 5.78. The normalized spacial score (nSPS) is 24.1. The van der Waals surface area contributed by atoms with Crippen molar-refractivity contribution < 1.29 is 14.1 Å². The number of ether oxygens (including phenoxy) is 1. The molecule has 24 heavy (non-hydrogen) atoms. The first-order valence-electron chi connectivity index (χ1n) is 8.36. The molecule has 2 saturated heterocycles. The van der Waals surface area contributed by atoms with E-state index >= 15 is 0 Å². The van der Waals surface area contributed by atoms with Gasteiger partial charge in [-0.2, -0.15) is 0 Å². The zero-order valence-corrected chi connectivity index (χ0v) is 13.5. The molecule has 4 rings (SSSR count). The van der Waals surface area contributed by atoms with Crippen molar-refractivity contribution in [3.63, 3.8) is 0 Å². The standard InChI is InChI=1S/C18H21N3O3/c22-18(10-15-6-8-24-19-15)21-12-16-17(13-21)23-9-7-20(16)11-14-4-2-1-3-5-14/h1-6,8,16-17H,7,9-13H2/t16-,17-/m0/s1. The first-order chi connectivity index (χ1) is 11.8. The summed E-state index contributed by atoms with van der Waals surface area (Å²) in [6, 6.07) is 12.5. The van der Waals surface area contributed by atoms with Gasteiger partial charge in [-0.25, -0.2) is 0 Å². The number of aromatic nitrogens is 1. The molecule has 0 radical (unpaired) electrons. The predicted molar refractivity (Wildman–Crippen MR) is 87.2 cm³/mol. The van der Waals surface area contributed by atoms with Crippen LogP contribution < -0.4 is 0 Å². The van der Waals surface area contributed by atoms with Crippen LogP contribution in [0.5, 0.6) is 0 Å². The van der Waals surface area contributed by atoms with Crippen LogP contribution in [0, 0.1) is 0 Å². The van der Waals surface area contributed by atoms with E-state index in [1.807, 2.05) is 11.0 Å². The molecule has 2 fully saturated rings. The van der Waals surface area contributed by atoms with Gasteiger partial charge in [-0.05, 0) is 5.56 Å². The lowest BCUT2D eigenvalue weighted by molar-refractivity contribution is -0.130.